The van der Waals surface area contributed by atoms with E-state index in [4.69, 9.17) is 4.42 Å². The number of benzene rings is 1. The first-order valence-electron chi connectivity index (χ1n) is 8.33. The number of aromatic nitrogens is 3. The summed E-state index contributed by atoms with van der Waals surface area (Å²) in [5.41, 5.74) is 1.76. The lowest BCUT2D eigenvalue weighted by molar-refractivity contribution is 0.389. The Morgan fingerprint density at radius 2 is 2.07 bits per heavy atom. The van der Waals surface area contributed by atoms with Gasteiger partial charge in [-0.1, -0.05) is 11.8 Å². The standard InChI is InChI=1S/C17H16FN3O3S3/c18-13-3-1-12(2-4-13)16-19-14(8-25-16)9-26-17-21-20-15(24-17)7-11-5-6-27(22,23)10-11/h1-4,8,11H,5-7,9-10H2. The number of sulfone groups is 1. The van der Waals surface area contributed by atoms with Crippen LogP contribution in [-0.4, -0.2) is 35.1 Å². The monoisotopic (exact) mass is 425 g/mol. The van der Waals surface area contributed by atoms with Gasteiger partial charge in [0, 0.05) is 23.1 Å². The van der Waals surface area contributed by atoms with Crippen molar-refractivity contribution in [2.45, 2.75) is 23.8 Å². The van der Waals surface area contributed by atoms with Crippen LogP contribution in [0.2, 0.25) is 0 Å². The third-order valence-corrected chi connectivity index (χ3v) is 7.85. The molecule has 142 valence electrons. The first kappa shape index (κ1) is 18.6. The van der Waals surface area contributed by atoms with Crippen LogP contribution in [-0.2, 0) is 22.0 Å². The van der Waals surface area contributed by atoms with Crippen LogP contribution < -0.4 is 0 Å². The van der Waals surface area contributed by atoms with Gasteiger partial charge in [0.1, 0.15) is 10.8 Å². The molecule has 0 bridgehead atoms. The Balaban J connectivity index is 1.33. The van der Waals surface area contributed by atoms with Gasteiger partial charge in [-0.3, -0.25) is 0 Å². The van der Waals surface area contributed by atoms with Crippen molar-refractivity contribution in [3.05, 3.63) is 47.0 Å². The van der Waals surface area contributed by atoms with Gasteiger partial charge in [-0.2, -0.15) is 0 Å². The maximum atomic E-state index is 13.0. The fourth-order valence-electron chi connectivity index (χ4n) is 2.89. The molecule has 3 heterocycles. The Morgan fingerprint density at radius 3 is 2.81 bits per heavy atom. The van der Waals surface area contributed by atoms with E-state index in [1.165, 1.54) is 35.2 Å². The van der Waals surface area contributed by atoms with Crippen molar-refractivity contribution < 1.29 is 17.2 Å². The van der Waals surface area contributed by atoms with Crippen LogP contribution in [0.25, 0.3) is 10.6 Å². The molecule has 10 heteroatoms. The highest BCUT2D eigenvalue weighted by Gasteiger charge is 2.29. The maximum absolute atomic E-state index is 13.0. The van der Waals surface area contributed by atoms with Gasteiger partial charge in [0.05, 0.1) is 17.2 Å². The van der Waals surface area contributed by atoms with E-state index in [1.807, 2.05) is 5.38 Å². The molecule has 1 aromatic carbocycles. The molecule has 1 unspecified atom stereocenters. The molecule has 1 fully saturated rings. The molecule has 2 aromatic heterocycles. The Bertz CT molecular complexity index is 1030. The fraction of sp³-hybridized carbons (Fsp3) is 0.353. The van der Waals surface area contributed by atoms with Crippen LogP contribution in [0.1, 0.15) is 18.0 Å². The highest BCUT2D eigenvalue weighted by atomic mass is 32.2. The van der Waals surface area contributed by atoms with Gasteiger partial charge >= 0.3 is 0 Å². The normalized spacial score (nSPS) is 18.8. The van der Waals surface area contributed by atoms with Crippen molar-refractivity contribution in [1.82, 2.24) is 15.2 Å². The van der Waals surface area contributed by atoms with Gasteiger partial charge in [-0.05, 0) is 36.6 Å². The highest BCUT2D eigenvalue weighted by Crippen LogP contribution is 2.28. The van der Waals surface area contributed by atoms with Gasteiger partial charge < -0.3 is 4.42 Å². The minimum Gasteiger partial charge on any atom is -0.416 e. The van der Waals surface area contributed by atoms with E-state index in [1.54, 1.807) is 12.1 Å². The summed E-state index contributed by atoms with van der Waals surface area (Å²) in [4.78, 5) is 4.55. The van der Waals surface area contributed by atoms with Gasteiger partial charge in [0.2, 0.25) is 5.89 Å². The Hall–Kier alpha value is -1.78. The number of halogens is 1. The minimum atomic E-state index is -2.90. The molecule has 0 spiro atoms. The van der Waals surface area contributed by atoms with Crippen molar-refractivity contribution in [2.24, 2.45) is 5.92 Å². The van der Waals surface area contributed by atoms with E-state index in [-0.39, 0.29) is 23.2 Å². The number of hydrogen-bond donors (Lipinski definition) is 0. The lowest BCUT2D eigenvalue weighted by atomic mass is 10.1. The quantitative estimate of drug-likeness (QED) is 0.558. The summed E-state index contributed by atoms with van der Waals surface area (Å²) < 4.78 is 41.7. The van der Waals surface area contributed by atoms with Crippen LogP contribution in [0.3, 0.4) is 0 Å². The van der Waals surface area contributed by atoms with Crippen LogP contribution in [0.5, 0.6) is 0 Å². The van der Waals surface area contributed by atoms with E-state index in [9.17, 15) is 12.8 Å². The second-order valence-corrected chi connectivity index (χ2v) is 10.4. The highest BCUT2D eigenvalue weighted by molar-refractivity contribution is 7.98. The molecule has 6 nitrogen and oxygen atoms in total. The number of rotatable bonds is 6. The third-order valence-electron chi connectivity index (χ3n) is 4.22. The molecule has 0 N–H and O–H groups in total. The van der Waals surface area contributed by atoms with Crippen molar-refractivity contribution >= 4 is 32.9 Å². The van der Waals surface area contributed by atoms with Crippen molar-refractivity contribution in [3.8, 4) is 10.6 Å². The van der Waals surface area contributed by atoms with Gasteiger partial charge in [-0.15, -0.1) is 21.5 Å². The van der Waals surface area contributed by atoms with Crippen molar-refractivity contribution in [1.29, 1.82) is 0 Å². The minimum absolute atomic E-state index is 0.0603. The Morgan fingerprint density at radius 1 is 1.26 bits per heavy atom. The van der Waals surface area contributed by atoms with E-state index in [2.05, 4.69) is 15.2 Å². The summed E-state index contributed by atoms with van der Waals surface area (Å²) in [6.07, 6.45) is 1.15. The predicted molar refractivity (Wildman–Crippen MR) is 102 cm³/mol. The molecular formula is C17H16FN3O3S3. The summed E-state index contributed by atoms with van der Waals surface area (Å²) in [5, 5.41) is 11.3. The SMILES string of the molecule is O=S1(=O)CCC(Cc2nnc(SCc3csc(-c4ccc(F)cc4)n3)o2)C1. The summed E-state index contributed by atoms with van der Waals surface area (Å²) in [6.45, 7) is 0. The predicted octanol–water partition coefficient (Wildman–Crippen LogP) is 3.60. The van der Waals surface area contributed by atoms with E-state index >= 15 is 0 Å². The van der Waals surface area contributed by atoms with E-state index < -0.39 is 9.84 Å². The average molecular weight is 426 g/mol. The largest absolute Gasteiger partial charge is 0.416 e. The molecule has 4 rings (SSSR count). The zero-order valence-electron chi connectivity index (χ0n) is 14.2. The molecule has 1 aliphatic heterocycles. The summed E-state index contributed by atoms with van der Waals surface area (Å²) in [6, 6.07) is 6.25. The van der Waals surface area contributed by atoms with Crippen molar-refractivity contribution in [2.75, 3.05) is 11.5 Å². The zero-order valence-corrected chi connectivity index (χ0v) is 16.6. The molecule has 0 aliphatic carbocycles. The third kappa shape index (κ3) is 4.74. The van der Waals surface area contributed by atoms with Crippen molar-refractivity contribution in [3.63, 3.8) is 0 Å². The number of nitrogens with zero attached hydrogens (tertiary/aromatic N) is 3. The lowest BCUT2D eigenvalue weighted by Gasteiger charge is -2.01. The lowest BCUT2D eigenvalue weighted by Crippen LogP contribution is -2.07. The Kier molecular flexibility index (Phi) is 5.29. The molecule has 1 atom stereocenters. The van der Waals surface area contributed by atoms with Gasteiger partial charge in [0.25, 0.3) is 5.22 Å². The average Bonchev–Trinajstić information content (AvgIpc) is 3.34. The number of thiazole rings is 1. The summed E-state index contributed by atoms with van der Waals surface area (Å²) in [7, 11) is -2.90. The topological polar surface area (TPSA) is 86.0 Å². The number of hydrogen-bond acceptors (Lipinski definition) is 8. The molecule has 27 heavy (non-hydrogen) atoms. The fourth-order valence-corrected chi connectivity index (χ4v) is 6.36. The Labute approximate surface area is 164 Å². The number of thioether (sulfide) groups is 1. The van der Waals surface area contributed by atoms with Crippen LogP contribution >= 0.6 is 23.1 Å². The van der Waals surface area contributed by atoms with Crippen LogP contribution in [0, 0.1) is 11.7 Å². The molecule has 0 saturated carbocycles. The molecule has 0 radical (unpaired) electrons. The smallest absolute Gasteiger partial charge is 0.276 e. The summed E-state index contributed by atoms with van der Waals surface area (Å²) in [5.74, 6) is 1.29. The maximum Gasteiger partial charge on any atom is 0.276 e. The van der Waals surface area contributed by atoms with Crippen LogP contribution in [0.15, 0.2) is 39.3 Å². The molecular weight excluding hydrogens is 409 g/mol. The summed E-state index contributed by atoms with van der Waals surface area (Å²) >= 11 is 2.89. The van der Waals surface area contributed by atoms with Crippen LogP contribution in [0.4, 0.5) is 4.39 Å². The molecule has 0 amide bonds. The van der Waals surface area contributed by atoms with E-state index in [0.29, 0.717) is 29.7 Å². The molecule has 1 aliphatic rings. The first-order valence-corrected chi connectivity index (χ1v) is 12.0. The van der Waals surface area contributed by atoms with Gasteiger partial charge in [-0.25, -0.2) is 17.8 Å². The zero-order chi connectivity index (χ0) is 18.9. The first-order chi connectivity index (χ1) is 13.0. The second kappa shape index (κ2) is 7.69. The van der Waals surface area contributed by atoms with Gasteiger partial charge in [0.15, 0.2) is 9.84 Å². The van der Waals surface area contributed by atoms with E-state index in [0.717, 1.165) is 16.3 Å². The molecule has 3 aromatic rings. The second-order valence-electron chi connectivity index (χ2n) is 6.37. The molecule has 1 saturated heterocycles.